The van der Waals surface area contributed by atoms with Crippen LogP contribution < -0.4 is 10.1 Å². The fourth-order valence-corrected chi connectivity index (χ4v) is 1.98. The molecule has 0 aromatic carbocycles. The molecule has 0 spiro atoms. The summed E-state index contributed by atoms with van der Waals surface area (Å²) in [6.45, 7) is 2.19. The Balaban J connectivity index is 2.30. The molecule has 0 unspecified atom stereocenters. The number of ether oxygens (including phenoxy) is 1. The van der Waals surface area contributed by atoms with Crippen LogP contribution in [0.2, 0.25) is 5.15 Å². The largest absolute Gasteiger partial charge is 0.481 e. The smallest absolute Gasteiger partial charge is 0.234 e. The monoisotopic (exact) mass is 299 g/mol. The van der Waals surface area contributed by atoms with Gasteiger partial charge in [-0.1, -0.05) is 50.6 Å². The van der Waals surface area contributed by atoms with Crippen LogP contribution in [0.4, 0.5) is 5.95 Å². The van der Waals surface area contributed by atoms with E-state index in [0.29, 0.717) is 12.3 Å². The van der Waals surface area contributed by atoms with Gasteiger partial charge in [-0.15, -0.1) is 0 Å². The first-order valence-corrected chi connectivity index (χ1v) is 7.42. The van der Waals surface area contributed by atoms with Gasteiger partial charge in [0.05, 0.1) is 7.11 Å². The van der Waals surface area contributed by atoms with E-state index in [1.54, 1.807) is 0 Å². The number of carbonyl (C=O) groups excluding carboxylic acids is 1. The second-order valence-corrected chi connectivity index (χ2v) is 5.01. The second kappa shape index (κ2) is 9.53. The number of nitrogens with zero attached hydrogens (tertiary/aromatic N) is 2. The van der Waals surface area contributed by atoms with E-state index in [9.17, 15) is 4.79 Å². The summed E-state index contributed by atoms with van der Waals surface area (Å²) < 4.78 is 4.97. The summed E-state index contributed by atoms with van der Waals surface area (Å²) in [5.41, 5.74) is 0. The van der Waals surface area contributed by atoms with Crippen molar-refractivity contribution in [3.05, 3.63) is 11.2 Å². The Bertz CT molecular complexity index is 427. The predicted octanol–water partition coefficient (Wildman–Crippen LogP) is 3.83. The van der Waals surface area contributed by atoms with Crippen molar-refractivity contribution in [3.8, 4) is 5.88 Å². The molecule has 0 bridgehead atoms. The highest BCUT2D eigenvalue weighted by Crippen LogP contribution is 2.16. The molecule has 5 nitrogen and oxygen atoms in total. The zero-order chi connectivity index (χ0) is 14.8. The molecule has 20 heavy (non-hydrogen) atoms. The number of rotatable bonds is 9. The van der Waals surface area contributed by atoms with E-state index >= 15 is 0 Å². The van der Waals surface area contributed by atoms with E-state index in [0.717, 1.165) is 12.8 Å². The maximum absolute atomic E-state index is 11.7. The number of unbranched alkanes of at least 4 members (excludes halogenated alkanes) is 5. The summed E-state index contributed by atoms with van der Waals surface area (Å²) in [4.78, 5) is 19.7. The molecule has 1 N–H and O–H groups in total. The van der Waals surface area contributed by atoms with Gasteiger partial charge < -0.3 is 4.74 Å². The zero-order valence-corrected chi connectivity index (χ0v) is 12.9. The number of anilines is 1. The minimum atomic E-state index is -0.0928. The van der Waals surface area contributed by atoms with E-state index in [2.05, 4.69) is 22.2 Å². The lowest BCUT2D eigenvalue weighted by Gasteiger charge is -2.06. The standard InChI is InChI=1S/C14H22ClN3O2/c1-3-4-5-6-7-8-9-12(19)17-14-16-11(15)10-13(18-14)20-2/h10H,3-9H2,1-2H3,(H,16,17,18,19). The summed E-state index contributed by atoms with van der Waals surface area (Å²) in [6, 6.07) is 1.49. The summed E-state index contributed by atoms with van der Waals surface area (Å²) in [6.07, 6.45) is 7.36. The van der Waals surface area contributed by atoms with Gasteiger partial charge in [0.2, 0.25) is 17.7 Å². The zero-order valence-electron chi connectivity index (χ0n) is 12.1. The number of carbonyl (C=O) groups is 1. The molecule has 112 valence electrons. The van der Waals surface area contributed by atoms with E-state index in [-0.39, 0.29) is 17.0 Å². The van der Waals surface area contributed by atoms with Crippen molar-refractivity contribution in [3.63, 3.8) is 0 Å². The first-order chi connectivity index (χ1) is 9.65. The van der Waals surface area contributed by atoms with E-state index in [4.69, 9.17) is 16.3 Å². The first-order valence-electron chi connectivity index (χ1n) is 7.04. The fourth-order valence-electron chi connectivity index (χ4n) is 1.81. The van der Waals surface area contributed by atoms with Gasteiger partial charge in [-0.3, -0.25) is 10.1 Å². The van der Waals surface area contributed by atoms with Crippen molar-refractivity contribution in [1.82, 2.24) is 9.97 Å². The Labute approximate surface area is 125 Å². The van der Waals surface area contributed by atoms with Gasteiger partial charge in [0.1, 0.15) is 5.15 Å². The highest BCUT2D eigenvalue weighted by Gasteiger charge is 2.07. The highest BCUT2D eigenvalue weighted by molar-refractivity contribution is 6.29. The van der Waals surface area contributed by atoms with E-state index < -0.39 is 0 Å². The third-order valence-electron chi connectivity index (χ3n) is 2.89. The van der Waals surface area contributed by atoms with Crippen LogP contribution in [0.3, 0.4) is 0 Å². The van der Waals surface area contributed by atoms with Crippen LogP contribution in [-0.2, 0) is 4.79 Å². The van der Waals surface area contributed by atoms with E-state index in [1.807, 2.05) is 0 Å². The van der Waals surface area contributed by atoms with Gasteiger partial charge in [-0.25, -0.2) is 4.98 Å². The average molecular weight is 300 g/mol. The lowest BCUT2D eigenvalue weighted by Crippen LogP contribution is -2.13. The number of halogens is 1. The fraction of sp³-hybridized carbons (Fsp3) is 0.643. The molecular formula is C14H22ClN3O2. The van der Waals surface area contributed by atoms with Gasteiger partial charge in [0.15, 0.2) is 0 Å². The Morgan fingerprint density at radius 1 is 1.25 bits per heavy atom. The van der Waals surface area contributed by atoms with Crippen LogP contribution in [0.25, 0.3) is 0 Å². The SMILES string of the molecule is CCCCCCCCC(=O)Nc1nc(Cl)cc(OC)n1. The molecule has 0 aliphatic rings. The summed E-state index contributed by atoms with van der Waals surface area (Å²) in [5.74, 6) is 0.426. The molecule has 0 radical (unpaired) electrons. The first kappa shape index (κ1) is 16.7. The van der Waals surface area contributed by atoms with Gasteiger partial charge in [0.25, 0.3) is 0 Å². The maximum Gasteiger partial charge on any atom is 0.234 e. The van der Waals surface area contributed by atoms with Crippen molar-refractivity contribution in [1.29, 1.82) is 0 Å². The highest BCUT2D eigenvalue weighted by atomic mass is 35.5. The predicted molar refractivity (Wildman–Crippen MR) is 80.2 cm³/mol. The lowest BCUT2D eigenvalue weighted by molar-refractivity contribution is -0.116. The molecule has 1 rings (SSSR count). The third kappa shape index (κ3) is 6.70. The lowest BCUT2D eigenvalue weighted by atomic mass is 10.1. The minimum Gasteiger partial charge on any atom is -0.481 e. The third-order valence-corrected chi connectivity index (χ3v) is 3.08. The number of amides is 1. The van der Waals surface area contributed by atoms with Crippen molar-refractivity contribution in [2.45, 2.75) is 51.9 Å². The van der Waals surface area contributed by atoms with Crippen molar-refractivity contribution < 1.29 is 9.53 Å². The Hall–Kier alpha value is -1.36. The van der Waals surface area contributed by atoms with E-state index in [1.165, 1.54) is 38.9 Å². The topological polar surface area (TPSA) is 64.1 Å². The number of hydrogen-bond donors (Lipinski definition) is 1. The van der Waals surface area contributed by atoms with Crippen LogP contribution in [0.5, 0.6) is 5.88 Å². The normalized spacial score (nSPS) is 10.3. The van der Waals surface area contributed by atoms with Crippen molar-refractivity contribution in [2.24, 2.45) is 0 Å². The second-order valence-electron chi connectivity index (χ2n) is 4.62. The molecule has 0 aliphatic heterocycles. The van der Waals surface area contributed by atoms with Crippen LogP contribution in [-0.4, -0.2) is 23.0 Å². The molecule has 0 atom stereocenters. The summed E-state index contributed by atoms with van der Waals surface area (Å²) in [7, 11) is 1.49. The molecule has 0 saturated carbocycles. The quantitative estimate of drug-likeness (QED) is 0.556. The summed E-state index contributed by atoms with van der Waals surface area (Å²) >= 11 is 5.81. The molecule has 1 heterocycles. The molecule has 0 aliphatic carbocycles. The van der Waals surface area contributed by atoms with Gasteiger partial charge in [0, 0.05) is 12.5 Å². The Morgan fingerprint density at radius 3 is 2.65 bits per heavy atom. The number of nitrogens with one attached hydrogen (secondary N) is 1. The average Bonchev–Trinajstić information content (AvgIpc) is 2.42. The van der Waals surface area contributed by atoms with Crippen LogP contribution in [0.1, 0.15) is 51.9 Å². The molecule has 0 saturated heterocycles. The number of hydrogen-bond acceptors (Lipinski definition) is 4. The molecule has 0 fully saturated rings. The molecule has 6 heteroatoms. The van der Waals surface area contributed by atoms with Gasteiger partial charge in [-0.2, -0.15) is 4.98 Å². The Morgan fingerprint density at radius 2 is 1.95 bits per heavy atom. The molecule has 1 amide bonds. The van der Waals surface area contributed by atoms with Crippen LogP contribution in [0.15, 0.2) is 6.07 Å². The van der Waals surface area contributed by atoms with Crippen LogP contribution >= 0.6 is 11.6 Å². The van der Waals surface area contributed by atoms with Gasteiger partial charge >= 0.3 is 0 Å². The van der Waals surface area contributed by atoms with Crippen molar-refractivity contribution in [2.75, 3.05) is 12.4 Å². The van der Waals surface area contributed by atoms with Crippen LogP contribution in [0, 0.1) is 0 Å². The molecular weight excluding hydrogens is 278 g/mol. The number of aromatic nitrogens is 2. The molecule has 1 aromatic rings. The maximum atomic E-state index is 11.7. The van der Waals surface area contributed by atoms with Crippen molar-refractivity contribution >= 4 is 23.5 Å². The minimum absolute atomic E-state index is 0.0928. The number of methoxy groups -OCH3 is 1. The Kier molecular flexibility index (Phi) is 7.95. The molecule has 1 aromatic heterocycles. The summed E-state index contributed by atoms with van der Waals surface area (Å²) in [5, 5.41) is 2.88. The van der Waals surface area contributed by atoms with Gasteiger partial charge in [-0.05, 0) is 6.42 Å².